The van der Waals surface area contributed by atoms with Gasteiger partial charge in [-0.1, -0.05) is 6.42 Å². The van der Waals surface area contributed by atoms with Crippen LogP contribution in [-0.4, -0.2) is 13.1 Å². The molecule has 1 heterocycles. The molecule has 1 aromatic rings. The van der Waals surface area contributed by atoms with Crippen molar-refractivity contribution < 1.29 is 13.2 Å². The van der Waals surface area contributed by atoms with Crippen molar-refractivity contribution in [3.05, 3.63) is 23.8 Å². The summed E-state index contributed by atoms with van der Waals surface area (Å²) in [5.74, 6) is 1.32. The maximum absolute atomic E-state index is 12.8. The highest BCUT2D eigenvalue weighted by Gasteiger charge is 2.38. The molecule has 0 spiro atoms. The van der Waals surface area contributed by atoms with Crippen LogP contribution in [0.5, 0.6) is 0 Å². The first kappa shape index (κ1) is 12.6. The highest BCUT2D eigenvalue weighted by molar-refractivity contribution is 5.60. The van der Waals surface area contributed by atoms with Gasteiger partial charge in [-0.05, 0) is 42.9 Å². The Morgan fingerprint density at radius 3 is 2.32 bits per heavy atom. The van der Waals surface area contributed by atoms with Gasteiger partial charge in [-0.25, -0.2) is 0 Å². The molecule has 0 amide bonds. The lowest BCUT2D eigenvalue weighted by atomic mass is 10.0. The smallest absolute Gasteiger partial charge is 0.398 e. The van der Waals surface area contributed by atoms with Crippen LogP contribution < -0.4 is 10.6 Å². The molecule has 1 aromatic carbocycles. The molecule has 5 heteroatoms. The molecular weight excluding hydrogens is 253 g/mol. The van der Waals surface area contributed by atoms with E-state index in [-0.39, 0.29) is 5.69 Å². The van der Waals surface area contributed by atoms with E-state index in [9.17, 15) is 13.2 Å². The highest BCUT2D eigenvalue weighted by atomic mass is 19.4. The summed E-state index contributed by atoms with van der Waals surface area (Å²) >= 11 is 0. The number of hydrogen-bond acceptors (Lipinski definition) is 2. The zero-order valence-electron chi connectivity index (χ0n) is 10.6. The number of nitrogens with zero attached hydrogens (tertiary/aromatic N) is 1. The van der Waals surface area contributed by atoms with Crippen molar-refractivity contribution in [2.75, 3.05) is 23.7 Å². The molecule has 0 aromatic heterocycles. The zero-order valence-corrected chi connectivity index (χ0v) is 10.6. The third-order valence-electron chi connectivity index (χ3n) is 4.43. The third-order valence-corrected chi connectivity index (χ3v) is 4.43. The summed E-state index contributed by atoms with van der Waals surface area (Å²) < 4.78 is 38.5. The van der Waals surface area contributed by atoms with E-state index in [0.717, 1.165) is 13.1 Å². The van der Waals surface area contributed by atoms with Gasteiger partial charge < -0.3 is 10.6 Å². The van der Waals surface area contributed by atoms with Crippen LogP contribution >= 0.6 is 0 Å². The second kappa shape index (κ2) is 4.32. The van der Waals surface area contributed by atoms with Gasteiger partial charge in [-0.15, -0.1) is 0 Å². The molecule has 1 saturated carbocycles. The molecule has 1 saturated heterocycles. The molecule has 2 atom stereocenters. The summed E-state index contributed by atoms with van der Waals surface area (Å²) in [5, 5.41) is 0. The van der Waals surface area contributed by atoms with E-state index in [1.807, 2.05) is 0 Å². The Balaban J connectivity index is 1.86. The molecule has 3 rings (SSSR count). The lowest BCUT2D eigenvalue weighted by molar-refractivity contribution is -0.136. The molecule has 2 N–H and O–H groups in total. The Labute approximate surface area is 110 Å². The van der Waals surface area contributed by atoms with Crippen LogP contribution in [0.4, 0.5) is 24.5 Å². The van der Waals surface area contributed by atoms with Crippen LogP contribution in [0.15, 0.2) is 18.2 Å². The van der Waals surface area contributed by atoms with E-state index in [0.29, 0.717) is 17.5 Å². The Hall–Kier alpha value is -1.39. The third kappa shape index (κ3) is 2.26. The van der Waals surface area contributed by atoms with Gasteiger partial charge in [0, 0.05) is 24.5 Å². The molecule has 104 valence electrons. The van der Waals surface area contributed by atoms with Crippen molar-refractivity contribution in [3.63, 3.8) is 0 Å². The molecule has 2 nitrogen and oxygen atoms in total. The number of fused-ring (bicyclic) bond motifs is 1. The predicted octanol–water partition coefficient (Wildman–Crippen LogP) is 3.52. The Kier molecular flexibility index (Phi) is 2.87. The lowest BCUT2D eigenvalue weighted by Gasteiger charge is -2.21. The second-order valence-electron chi connectivity index (χ2n) is 5.63. The average molecular weight is 270 g/mol. The number of alkyl halides is 3. The topological polar surface area (TPSA) is 29.3 Å². The second-order valence-corrected chi connectivity index (χ2v) is 5.63. The number of nitrogens with two attached hydrogens (primary N) is 1. The fourth-order valence-corrected chi connectivity index (χ4v) is 3.43. The number of benzene rings is 1. The van der Waals surface area contributed by atoms with E-state index in [2.05, 4.69) is 4.90 Å². The minimum atomic E-state index is -4.38. The van der Waals surface area contributed by atoms with Gasteiger partial charge in [0.2, 0.25) is 0 Å². The minimum Gasteiger partial charge on any atom is -0.398 e. The van der Waals surface area contributed by atoms with E-state index in [1.165, 1.54) is 31.4 Å². The first-order chi connectivity index (χ1) is 8.95. The number of anilines is 2. The quantitative estimate of drug-likeness (QED) is 0.791. The summed E-state index contributed by atoms with van der Waals surface area (Å²) in [6.45, 7) is 1.76. The van der Waals surface area contributed by atoms with Crippen molar-refractivity contribution in [1.29, 1.82) is 0 Å². The SMILES string of the molecule is Nc1ccc(N2CC3CCCC3C2)cc1C(F)(F)F. The molecule has 2 fully saturated rings. The summed E-state index contributed by atoms with van der Waals surface area (Å²) in [5.41, 5.74) is 5.16. The van der Waals surface area contributed by atoms with Crippen molar-refractivity contribution in [1.82, 2.24) is 0 Å². The monoisotopic (exact) mass is 270 g/mol. The average Bonchev–Trinajstić information content (AvgIpc) is 2.88. The molecule has 2 unspecified atom stereocenters. The fraction of sp³-hybridized carbons (Fsp3) is 0.571. The van der Waals surface area contributed by atoms with Crippen LogP contribution in [0.25, 0.3) is 0 Å². The van der Waals surface area contributed by atoms with Crippen LogP contribution in [0.3, 0.4) is 0 Å². The van der Waals surface area contributed by atoms with Crippen LogP contribution in [0, 0.1) is 11.8 Å². The highest BCUT2D eigenvalue weighted by Crippen LogP contribution is 2.41. The van der Waals surface area contributed by atoms with Gasteiger partial charge in [0.05, 0.1) is 5.56 Å². The van der Waals surface area contributed by atoms with Crippen LogP contribution in [-0.2, 0) is 6.18 Å². The zero-order chi connectivity index (χ0) is 13.6. The Morgan fingerprint density at radius 1 is 1.11 bits per heavy atom. The van der Waals surface area contributed by atoms with Crippen LogP contribution in [0.1, 0.15) is 24.8 Å². The molecule has 0 radical (unpaired) electrons. The number of nitrogen functional groups attached to an aromatic ring is 1. The molecular formula is C14H17F3N2. The lowest BCUT2D eigenvalue weighted by Crippen LogP contribution is -2.21. The van der Waals surface area contributed by atoms with Gasteiger partial charge in [0.1, 0.15) is 0 Å². The van der Waals surface area contributed by atoms with E-state index in [4.69, 9.17) is 5.73 Å². The Bertz CT molecular complexity index is 472. The first-order valence-corrected chi connectivity index (χ1v) is 6.67. The van der Waals surface area contributed by atoms with Gasteiger partial charge in [0.25, 0.3) is 0 Å². The number of rotatable bonds is 1. The van der Waals surface area contributed by atoms with E-state index in [1.54, 1.807) is 6.07 Å². The van der Waals surface area contributed by atoms with Gasteiger partial charge >= 0.3 is 6.18 Å². The van der Waals surface area contributed by atoms with Crippen molar-refractivity contribution in [2.24, 2.45) is 11.8 Å². The molecule has 19 heavy (non-hydrogen) atoms. The normalized spacial score (nSPS) is 26.8. The largest absolute Gasteiger partial charge is 0.418 e. The fourth-order valence-electron chi connectivity index (χ4n) is 3.43. The van der Waals surface area contributed by atoms with Crippen molar-refractivity contribution in [2.45, 2.75) is 25.4 Å². The minimum absolute atomic E-state index is 0.198. The van der Waals surface area contributed by atoms with Crippen LogP contribution in [0.2, 0.25) is 0 Å². The predicted molar refractivity (Wildman–Crippen MR) is 68.9 cm³/mol. The maximum Gasteiger partial charge on any atom is 0.418 e. The maximum atomic E-state index is 12.8. The molecule has 1 aliphatic carbocycles. The van der Waals surface area contributed by atoms with Gasteiger partial charge in [-0.3, -0.25) is 0 Å². The number of hydrogen-bond donors (Lipinski definition) is 1. The molecule has 0 bridgehead atoms. The van der Waals surface area contributed by atoms with E-state index < -0.39 is 11.7 Å². The summed E-state index contributed by atoms with van der Waals surface area (Å²) in [4.78, 5) is 2.07. The van der Waals surface area contributed by atoms with Gasteiger partial charge in [0.15, 0.2) is 0 Å². The van der Waals surface area contributed by atoms with Crippen molar-refractivity contribution >= 4 is 11.4 Å². The van der Waals surface area contributed by atoms with Crippen molar-refractivity contribution in [3.8, 4) is 0 Å². The standard InChI is InChI=1S/C14H17F3N2/c15-14(16,17)12-6-11(4-5-13(12)18)19-7-9-2-1-3-10(9)8-19/h4-6,9-10H,1-3,7-8,18H2. The Morgan fingerprint density at radius 2 is 1.74 bits per heavy atom. The summed E-state index contributed by atoms with van der Waals surface area (Å²) in [6.07, 6.45) is -0.696. The van der Waals surface area contributed by atoms with E-state index >= 15 is 0 Å². The summed E-state index contributed by atoms with van der Waals surface area (Å²) in [6, 6.07) is 4.26. The number of halogens is 3. The van der Waals surface area contributed by atoms with Gasteiger partial charge in [-0.2, -0.15) is 13.2 Å². The molecule has 2 aliphatic rings. The molecule has 1 aliphatic heterocycles. The first-order valence-electron chi connectivity index (χ1n) is 6.67. The summed E-state index contributed by atoms with van der Waals surface area (Å²) in [7, 11) is 0.